The average molecular weight is 331 g/mol. The largest absolute Gasteiger partial charge is 0.480 e. The van der Waals surface area contributed by atoms with Crippen LogP contribution < -0.4 is 11.1 Å². The van der Waals surface area contributed by atoms with E-state index in [0.29, 0.717) is 37.0 Å². The van der Waals surface area contributed by atoms with Crippen molar-refractivity contribution in [3.63, 3.8) is 0 Å². The maximum absolute atomic E-state index is 12.6. The lowest BCUT2D eigenvalue weighted by molar-refractivity contribution is -0.141. The molecule has 1 aromatic heterocycles. The third-order valence-corrected chi connectivity index (χ3v) is 4.34. The first-order chi connectivity index (χ1) is 11.4. The van der Waals surface area contributed by atoms with E-state index in [1.165, 1.54) is 15.5 Å². The second-order valence-electron chi connectivity index (χ2n) is 5.73. The molecule has 1 aromatic carbocycles. The number of aliphatic carboxylic acids is 1. The zero-order valence-corrected chi connectivity index (χ0v) is 13.1. The smallest absolute Gasteiger partial charge is 0.326 e. The molecule has 1 saturated heterocycles. The van der Waals surface area contributed by atoms with Crippen LogP contribution in [0.2, 0.25) is 0 Å². The van der Waals surface area contributed by atoms with Crippen LogP contribution in [-0.2, 0) is 11.3 Å². The molecule has 24 heavy (non-hydrogen) atoms. The number of H-pyrrole nitrogens is 1. The minimum absolute atomic E-state index is 0.285. The van der Waals surface area contributed by atoms with Gasteiger partial charge in [-0.2, -0.15) is 0 Å². The molecular formula is C16H17N3O5. The molecule has 1 aliphatic heterocycles. The number of hydrogen-bond donors (Lipinski definition) is 2. The van der Waals surface area contributed by atoms with E-state index in [2.05, 4.69) is 4.98 Å². The van der Waals surface area contributed by atoms with Crippen molar-refractivity contribution in [2.24, 2.45) is 0 Å². The maximum atomic E-state index is 12.6. The molecule has 126 valence electrons. The Labute approximate surface area is 136 Å². The molecule has 0 unspecified atom stereocenters. The molecule has 0 saturated carbocycles. The number of nitrogens with one attached hydrogen (secondary N) is 1. The number of aryl methyl sites for hydroxylation is 1. The van der Waals surface area contributed by atoms with Crippen LogP contribution >= 0.6 is 0 Å². The zero-order chi connectivity index (χ0) is 17.4. The fraction of sp³-hybridized carbons (Fsp3) is 0.375. The number of likely N-dealkylation sites (tertiary alicyclic amines) is 1. The number of benzene rings is 1. The first kappa shape index (κ1) is 16.0. The van der Waals surface area contributed by atoms with Crippen molar-refractivity contribution in [2.75, 3.05) is 6.54 Å². The summed E-state index contributed by atoms with van der Waals surface area (Å²) >= 11 is 0. The minimum atomic E-state index is -1.02. The van der Waals surface area contributed by atoms with Gasteiger partial charge in [0, 0.05) is 18.7 Å². The van der Waals surface area contributed by atoms with Crippen molar-refractivity contribution in [1.29, 1.82) is 0 Å². The summed E-state index contributed by atoms with van der Waals surface area (Å²) in [4.78, 5) is 51.2. The molecule has 1 atom stereocenters. The van der Waals surface area contributed by atoms with E-state index in [1.807, 2.05) is 0 Å². The van der Waals surface area contributed by atoms with Gasteiger partial charge in [-0.1, -0.05) is 0 Å². The number of aromatic amines is 1. The van der Waals surface area contributed by atoms with Gasteiger partial charge in [-0.3, -0.25) is 14.4 Å². The molecule has 8 nitrogen and oxygen atoms in total. The first-order valence-electron chi connectivity index (χ1n) is 7.74. The van der Waals surface area contributed by atoms with E-state index in [0.717, 1.165) is 0 Å². The van der Waals surface area contributed by atoms with Crippen LogP contribution in [0.3, 0.4) is 0 Å². The van der Waals surface area contributed by atoms with Crippen LogP contribution in [0.5, 0.6) is 0 Å². The summed E-state index contributed by atoms with van der Waals surface area (Å²) in [7, 11) is 0. The van der Waals surface area contributed by atoms with Crippen molar-refractivity contribution in [3.8, 4) is 0 Å². The normalized spacial score (nSPS) is 17.4. The molecule has 2 aromatic rings. The SMILES string of the molecule is CCn1c(=O)c(=O)[nH]c2cc(C(=O)N3CCC[C@H]3C(=O)O)ccc21. The van der Waals surface area contributed by atoms with E-state index >= 15 is 0 Å². The van der Waals surface area contributed by atoms with Gasteiger partial charge >= 0.3 is 17.1 Å². The van der Waals surface area contributed by atoms with Gasteiger partial charge in [-0.15, -0.1) is 0 Å². The Morgan fingerprint density at radius 1 is 1.33 bits per heavy atom. The van der Waals surface area contributed by atoms with Crippen molar-refractivity contribution in [1.82, 2.24) is 14.5 Å². The second-order valence-corrected chi connectivity index (χ2v) is 5.73. The summed E-state index contributed by atoms with van der Waals surface area (Å²) < 4.78 is 1.33. The lowest BCUT2D eigenvalue weighted by atomic mass is 10.1. The van der Waals surface area contributed by atoms with E-state index < -0.39 is 29.0 Å². The molecule has 0 radical (unpaired) electrons. The van der Waals surface area contributed by atoms with Crippen LogP contribution in [0.25, 0.3) is 11.0 Å². The number of carboxylic acid groups (broad SMARTS) is 1. The summed E-state index contributed by atoms with van der Waals surface area (Å²) in [5.41, 5.74) is -0.214. The predicted molar refractivity (Wildman–Crippen MR) is 86.2 cm³/mol. The number of carbonyl (C=O) groups excluding carboxylic acids is 1. The first-order valence-corrected chi connectivity index (χ1v) is 7.74. The van der Waals surface area contributed by atoms with Gasteiger partial charge in [0.1, 0.15) is 6.04 Å². The monoisotopic (exact) mass is 331 g/mol. The van der Waals surface area contributed by atoms with Crippen molar-refractivity contribution in [2.45, 2.75) is 32.4 Å². The zero-order valence-electron chi connectivity index (χ0n) is 13.1. The Morgan fingerprint density at radius 3 is 2.75 bits per heavy atom. The van der Waals surface area contributed by atoms with E-state index in [9.17, 15) is 24.3 Å². The van der Waals surface area contributed by atoms with Crippen LogP contribution in [0.4, 0.5) is 0 Å². The highest BCUT2D eigenvalue weighted by Crippen LogP contribution is 2.21. The Morgan fingerprint density at radius 2 is 2.08 bits per heavy atom. The summed E-state index contributed by atoms with van der Waals surface area (Å²) in [6.07, 6.45) is 1.07. The Bertz CT molecular complexity index is 943. The number of rotatable bonds is 3. The van der Waals surface area contributed by atoms with Gasteiger partial charge < -0.3 is 19.6 Å². The topological polar surface area (TPSA) is 112 Å². The maximum Gasteiger partial charge on any atom is 0.326 e. The van der Waals surface area contributed by atoms with Crippen LogP contribution in [-0.4, -0.2) is 44.0 Å². The van der Waals surface area contributed by atoms with Crippen molar-refractivity contribution >= 4 is 22.9 Å². The predicted octanol–water partition coefficient (Wildman–Crippen LogP) is 0.399. The van der Waals surface area contributed by atoms with Crippen LogP contribution in [0, 0.1) is 0 Å². The number of carbonyl (C=O) groups is 2. The Hall–Kier alpha value is -2.90. The Balaban J connectivity index is 2.07. The quantitative estimate of drug-likeness (QED) is 0.791. The number of amides is 1. The van der Waals surface area contributed by atoms with Gasteiger partial charge in [-0.05, 0) is 38.0 Å². The molecule has 1 aliphatic rings. The van der Waals surface area contributed by atoms with Gasteiger partial charge in [0.2, 0.25) is 0 Å². The number of aromatic nitrogens is 2. The standard InChI is InChI=1S/C16H17N3O5/c1-2-18-11-6-5-9(8-10(11)17-13(20)15(18)22)14(21)19-7-3-4-12(19)16(23)24/h5-6,8,12H,2-4,7H2,1H3,(H,17,20)(H,23,24)/t12-/m0/s1. The summed E-state index contributed by atoms with van der Waals surface area (Å²) in [6, 6.07) is 3.81. The van der Waals surface area contributed by atoms with Gasteiger partial charge in [0.15, 0.2) is 0 Å². The third kappa shape index (κ3) is 2.49. The molecule has 2 heterocycles. The Kier molecular flexibility index (Phi) is 3.96. The molecular weight excluding hydrogens is 314 g/mol. The molecule has 0 spiro atoms. The highest BCUT2D eigenvalue weighted by atomic mass is 16.4. The number of carboxylic acids is 1. The molecule has 8 heteroatoms. The highest BCUT2D eigenvalue weighted by Gasteiger charge is 2.34. The second kappa shape index (κ2) is 5.95. The van der Waals surface area contributed by atoms with Crippen molar-refractivity contribution in [3.05, 3.63) is 44.5 Å². The van der Waals surface area contributed by atoms with Crippen LogP contribution in [0.15, 0.2) is 27.8 Å². The van der Waals surface area contributed by atoms with Gasteiger partial charge in [0.05, 0.1) is 11.0 Å². The summed E-state index contributed by atoms with van der Waals surface area (Å²) in [6.45, 7) is 2.47. The van der Waals surface area contributed by atoms with E-state index in [-0.39, 0.29) is 5.56 Å². The minimum Gasteiger partial charge on any atom is -0.480 e. The number of nitrogens with zero attached hydrogens (tertiary/aromatic N) is 2. The van der Waals surface area contributed by atoms with Gasteiger partial charge in [0.25, 0.3) is 5.91 Å². The lowest BCUT2D eigenvalue weighted by Gasteiger charge is -2.21. The van der Waals surface area contributed by atoms with Gasteiger partial charge in [-0.25, -0.2) is 4.79 Å². The summed E-state index contributed by atoms with van der Waals surface area (Å²) in [5, 5.41) is 9.21. The highest BCUT2D eigenvalue weighted by molar-refractivity contribution is 5.99. The summed E-state index contributed by atoms with van der Waals surface area (Å²) in [5.74, 6) is -1.41. The molecule has 1 amide bonds. The number of fused-ring (bicyclic) bond motifs is 1. The molecule has 0 aliphatic carbocycles. The van der Waals surface area contributed by atoms with E-state index in [1.54, 1.807) is 19.1 Å². The van der Waals surface area contributed by atoms with E-state index in [4.69, 9.17) is 0 Å². The average Bonchev–Trinajstić information content (AvgIpc) is 3.05. The lowest BCUT2D eigenvalue weighted by Crippen LogP contribution is -2.40. The fourth-order valence-electron chi connectivity index (χ4n) is 3.16. The molecule has 0 bridgehead atoms. The third-order valence-electron chi connectivity index (χ3n) is 4.34. The molecule has 3 rings (SSSR count). The van der Waals surface area contributed by atoms with Crippen molar-refractivity contribution < 1.29 is 14.7 Å². The fourth-order valence-corrected chi connectivity index (χ4v) is 3.16. The number of hydrogen-bond acceptors (Lipinski definition) is 4. The molecule has 2 N–H and O–H groups in total. The van der Waals surface area contributed by atoms with Crippen LogP contribution in [0.1, 0.15) is 30.1 Å². The molecule has 1 fully saturated rings.